The molecule has 3 aromatic heterocycles. The number of cyclic esters (lactones) is 1. The van der Waals surface area contributed by atoms with E-state index in [1.807, 2.05) is 32.2 Å². The Morgan fingerprint density at radius 2 is 1.78 bits per heavy atom. The third-order valence-corrected chi connectivity index (χ3v) is 13.8. The fraction of sp³-hybridized carbons (Fsp3) is 0.574. The van der Waals surface area contributed by atoms with Gasteiger partial charge in [-0.05, 0) is 68.9 Å². The highest BCUT2D eigenvalue weighted by molar-refractivity contribution is 7.59. The van der Waals surface area contributed by atoms with Crippen LogP contribution in [-0.4, -0.2) is 138 Å². The van der Waals surface area contributed by atoms with Gasteiger partial charge in [-0.2, -0.15) is 54.0 Å². The van der Waals surface area contributed by atoms with Crippen molar-refractivity contribution in [1.82, 2.24) is 40.1 Å². The molecule has 16 nitrogen and oxygen atoms in total. The van der Waals surface area contributed by atoms with Gasteiger partial charge in [0, 0.05) is 86.8 Å². The monoisotopic (exact) mass is 1040 g/mol. The van der Waals surface area contributed by atoms with Crippen molar-refractivity contribution in [3.05, 3.63) is 58.2 Å². The normalized spacial score (nSPS) is 19.6. The molecule has 378 valence electrons. The van der Waals surface area contributed by atoms with Crippen molar-refractivity contribution in [3.63, 3.8) is 0 Å². The number of ether oxygens (including phenoxy) is 4. The van der Waals surface area contributed by atoms with Gasteiger partial charge in [0.25, 0.3) is 5.91 Å². The molecule has 0 radical (unpaired) electrons. The van der Waals surface area contributed by atoms with Gasteiger partial charge in [-0.25, -0.2) is 15.2 Å². The van der Waals surface area contributed by atoms with E-state index in [2.05, 4.69) is 60.3 Å². The Balaban J connectivity index is 0.00000306. The molecule has 3 aliphatic heterocycles. The predicted molar refractivity (Wildman–Crippen MR) is 286 cm³/mol. The number of thiazole rings is 1. The molecule has 2 fully saturated rings. The lowest BCUT2D eigenvalue weighted by molar-refractivity contribution is -0.155. The van der Waals surface area contributed by atoms with Crippen LogP contribution in [0, 0.1) is 11.3 Å². The average Bonchev–Trinajstić information content (AvgIpc) is 3.86. The molecule has 0 unspecified atom stereocenters. The number of hydrogen-bond donors (Lipinski definition) is 2. The van der Waals surface area contributed by atoms with Crippen LogP contribution in [0.5, 0.6) is 0 Å². The van der Waals surface area contributed by atoms with E-state index in [1.165, 1.54) is 21.2 Å². The summed E-state index contributed by atoms with van der Waals surface area (Å²) < 4.78 is 25.1. The number of amides is 4. The average molecular weight is 1040 g/mol. The molecule has 2 N–H and O–H groups in total. The van der Waals surface area contributed by atoms with E-state index < -0.39 is 46.9 Å². The molecule has 4 atom stereocenters. The summed E-state index contributed by atoms with van der Waals surface area (Å²) in [6.45, 7) is 14.1. The molecule has 4 amide bonds. The van der Waals surface area contributed by atoms with Crippen molar-refractivity contribution in [2.24, 2.45) is 11.3 Å². The van der Waals surface area contributed by atoms with Crippen molar-refractivity contribution in [2.45, 2.75) is 104 Å². The maximum absolute atomic E-state index is 14.6. The van der Waals surface area contributed by atoms with E-state index in [9.17, 15) is 19.2 Å². The molecule has 1 aromatic carbocycles. The van der Waals surface area contributed by atoms with Crippen molar-refractivity contribution >= 4 is 100 Å². The molecule has 68 heavy (non-hydrogen) atoms. The zero-order chi connectivity index (χ0) is 46.1. The van der Waals surface area contributed by atoms with E-state index >= 15 is 0 Å². The van der Waals surface area contributed by atoms with E-state index in [-0.39, 0.29) is 91.7 Å². The number of aryl methyl sites for hydroxylation is 1. The highest BCUT2D eigenvalue weighted by Crippen LogP contribution is 2.42. The van der Waals surface area contributed by atoms with Crippen LogP contribution < -0.4 is 10.7 Å². The number of urea groups is 1. The van der Waals surface area contributed by atoms with Crippen LogP contribution in [0.4, 0.5) is 4.79 Å². The highest BCUT2D eigenvalue weighted by atomic mass is 32.1. The van der Waals surface area contributed by atoms with E-state index in [0.29, 0.717) is 50.6 Å². The van der Waals surface area contributed by atoms with Gasteiger partial charge < -0.3 is 38.6 Å². The Hall–Kier alpha value is -3.54. The van der Waals surface area contributed by atoms with Crippen LogP contribution in [-0.2, 0) is 52.7 Å². The zero-order valence-corrected chi connectivity index (χ0v) is 45.7. The lowest BCUT2D eigenvalue weighted by Crippen LogP contribution is -2.68. The summed E-state index contributed by atoms with van der Waals surface area (Å²) >= 11 is 1.41. The number of fused-ring (bicyclic) bond motifs is 6. The molecule has 0 aliphatic carbocycles. The summed E-state index contributed by atoms with van der Waals surface area (Å²) in [6, 6.07) is 7.27. The topological polar surface area (TPSA) is 170 Å². The van der Waals surface area contributed by atoms with E-state index in [1.54, 1.807) is 39.4 Å². The largest absolute Gasteiger partial charge is 0.464 e. The standard InChI is InChI=1S/C47H64N8O8S.4H2S/c1-11-54-37-17-16-30-20-32(37)33(41(54)31-14-12-18-48-39(31)29(4)61-10)22-46(5,6)24-63-44(58)34-15-13-19-55(51-34)43(57)35(21-38-49-36(30)23-64-38)50-42(56)40(28(2)3)52(7)45(59)53(8)47(25-60-9)26-62-27-47;;;;/h12,14,16-18,20,23,28-29,34-35,40,51H,11,13,15,19,21-22,24-27H2,1-10H3,(H,50,56);4*1H2/t29-,34-,35-,40-;;;;/m0..../s1. The second-order valence-electron chi connectivity index (χ2n) is 18.6. The molecule has 6 bridgehead atoms. The Morgan fingerprint density at radius 1 is 1.06 bits per heavy atom. The van der Waals surface area contributed by atoms with Crippen LogP contribution in [0.1, 0.15) is 76.8 Å². The number of nitrogens with zero attached hydrogens (tertiary/aromatic N) is 6. The second-order valence-corrected chi connectivity index (χ2v) is 19.5. The smallest absolute Gasteiger partial charge is 0.324 e. The second kappa shape index (κ2) is 24.5. The number of carbonyl (C=O) groups excluding carboxylic acids is 4. The summed E-state index contributed by atoms with van der Waals surface area (Å²) in [5.74, 6) is -1.67. The Labute approximate surface area is 432 Å². The summed E-state index contributed by atoms with van der Waals surface area (Å²) in [6.07, 6.45) is 3.22. The number of likely N-dealkylation sites (N-methyl/N-ethyl adjacent to an activating group) is 2. The van der Waals surface area contributed by atoms with Gasteiger partial charge in [0.15, 0.2) is 0 Å². The first-order valence-corrected chi connectivity index (χ1v) is 23.1. The Morgan fingerprint density at radius 3 is 2.41 bits per heavy atom. The summed E-state index contributed by atoms with van der Waals surface area (Å²) in [7, 11) is 6.55. The van der Waals surface area contributed by atoms with Crippen molar-refractivity contribution in [1.29, 1.82) is 0 Å². The molecule has 6 heterocycles. The number of methoxy groups -OCH3 is 2. The third-order valence-electron chi connectivity index (χ3n) is 12.9. The number of rotatable bonds is 11. The van der Waals surface area contributed by atoms with Gasteiger partial charge in [0.1, 0.15) is 23.7 Å². The fourth-order valence-corrected chi connectivity index (χ4v) is 10.1. The summed E-state index contributed by atoms with van der Waals surface area (Å²) in [4.78, 5) is 69.8. The number of esters is 1. The van der Waals surface area contributed by atoms with Gasteiger partial charge in [-0.15, -0.1) is 11.3 Å². The van der Waals surface area contributed by atoms with Crippen molar-refractivity contribution in [3.8, 4) is 22.5 Å². The number of carbonyl (C=O) groups is 4. The first-order valence-electron chi connectivity index (χ1n) is 22.2. The minimum absolute atomic E-state index is 0. The number of pyridine rings is 1. The zero-order valence-electron chi connectivity index (χ0n) is 40.9. The van der Waals surface area contributed by atoms with Crippen molar-refractivity contribution < 1.29 is 38.1 Å². The molecule has 2 saturated heterocycles. The van der Waals surface area contributed by atoms with Gasteiger partial charge in [0.2, 0.25) is 5.91 Å². The molecular weight excluding hydrogens is 965 g/mol. The van der Waals surface area contributed by atoms with Crippen molar-refractivity contribution in [2.75, 3.05) is 61.3 Å². The lowest BCUT2D eigenvalue weighted by atomic mass is 9.84. The Bertz CT molecular complexity index is 2380. The van der Waals surface area contributed by atoms with Crippen LogP contribution in [0.2, 0.25) is 0 Å². The van der Waals surface area contributed by atoms with Crippen LogP contribution >= 0.6 is 65.3 Å². The summed E-state index contributed by atoms with van der Waals surface area (Å²) in [5, 5.41) is 8.13. The molecule has 7 rings (SSSR count). The number of hydrogen-bond acceptors (Lipinski definition) is 12. The van der Waals surface area contributed by atoms with Crippen LogP contribution in [0.25, 0.3) is 33.4 Å². The molecular formula is C47H72N8O8S5. The van der Waals surface area contributed by atoms with Crippen LogP contribution in [0.15, 0.2) is 41.9 Å². The Kier molecular flexibility index (Phi) is 21.2. The van der Waals surface area contributed by atoms with Gasteiger partial charge in [0.05, 0.1) is 54.6 Å². The number of benzene rings is 1. The van der Waals surface area contributed by atoms with Gasteiger partial charge >= 0.3 is 12.0 Å². The van der Waals surface area contributed by atoms with Gasteiger partial charge in [-0.3, -0.25) is 24.4 Å². The number of aromatic nitrogens is 3. The van der Waals surface area contributed by atoms with E-state index in [0.717, 1.165) is 44.7 Å². The predicted octanol–water partition coefficient (Wildman–Crippen LogP) is 6.08. The highest BCUT2D eigenvalue weighted by Gasteiger charge is 2.47. The maximum atomic E-state index is 14.6. The molecule has 21 heteroatoms. The molecule has 0 saturated carbocycles. The first kappa shape index (κ1) is 58.8. The number of nitrogens with one attached hydrogen (secondary N) is 2. The molecule has 4 aromatic rings. The first-order chi connectivity index (χ1) is 30.5. The molecule has 3 aliphatic rings. The maximum Gasteiger partial charge on any atom is 0.324 e. The molecule has 0 spiro atoms. The number of hydrazine groups is 1. The lowest BCUT2D eigenvalue weighted by Gasteiger charge is -2.49. The minimum Gasteiger partial charge on any atom is -0.464 e. The fourth-order valence-electron chi connectivity index (χ4n) is 9.29. The van der Waals surface area contributed by atoms with Crippen LogP contribution in [0.3, 0.4) is 0 Å². The SMILES string of the molecule is CCn1c(-c2cccnc2[C@H](C)OC)c2c3cc(ccc31)-c1csc(n1)C[C@H](NC(=O)[C@H](C(C)C)N(C)C(=O)N(C)C1(COC)COC1)C(=O)N1CCC[C@H](N1)C(=O)OCC(C)(C)C2.S.S.S.S. The summed E-state index contributed by atoms with van der Waals surface area (Å²) in [5.41, 5.74) is 8.65. The van der Waals surface area contributed by atoms with Gasteiger partial charge in [-0.1, -0.05) is 33.8 Å². The minimum atomic E-state index is -1.08. The quantitative estimate of drug-likeness (QED) is 0.167. The third kappa shape index (κ3) is 12.0. The van der Waals surface area contributed by atoms with E-state index in [4.69, 9.17) is 28.9 Å².